The number of pyridine rings is 1. The van der Waals surface area contributed by atoms with E-state index in [1.807, 2.05) is 50.4 Å². The van der Waals surface area contributed by atoms with Crippen LogP contribution in [0.4, 0.5) is 5.82 Å². The Morgan fingerprint density at radius 3 is 2.50 bits per heavy atom. The molecule has 5 fully saturated rings. The van der Waals surface area contributed by atoms with Gasteiger partial charge < -0.3 is 34.3 Å². The topological polar surface area (TPSA) is 175 Å². The molecular weight excluding hydrogens is 817 g/mol. The summed E-state index contributed by atoms with van der Waals surface area (Å²) in [5.74, 6) is 1.64. The monoisotopic (exact) mass is 885 g/mol. The van der Waals surface area contributed by atoms with Gasteiger partial charge in [0.05, 0.1) is 43.2 Å². The largest absolute Gasteiger partial charge is 0.492 e. The molecule has 8 rings (SSSR count). The number of morpholine rings is 1. The van der Waals surface area contributed by atoms with E-state index in [2.05, 4.69) is 17.1 Å². The third-order valence-corrected chi connectivity index (χ3v) is 14.1. The molecule has 2 aromatic heterocycles. The molecule has 0 radical (unpaired) electrons. The predicted molar refractivity (Wildman–Crippen MR) is 241 cm³/mol. The Bertz CT molecular complexity index is 2110. The SMILES string of the molecule is CCCCCCCC[C@@H]1C[C@]1(CC(=O)[C@@H]1C[C@@H](Oc2cc(-n3ccc(NC(C)C)n3)nc3cc(OCCN4CCOCC4)ccc23)CN1C(=O)CCC(=O)OC1C[C@@H]2C[C@@H]2C1)C(=O)O. The van der Waals surface area contributed by atoms with Gasteiger partial charge in [-0.3, -0.25) is 24.1 Å². The smallest absolute Gasteiger partial charge is 0.310 e. The van der Waals surface area contributed by atoms with E-state index in [0.717, 1.165) is 63.5 Å². The summed E-state index contributed by atoms with van der Waals surface area (Å²) in [4.78, 5) is 63.1. The number of amides is 1. The number of hydrogen-bond donors (Lipinski definition) is 2. The molecule has 3 saturated carbocycles. The number of ether oxygens (including phenoxy) is 4. The minimum absolute atomic E-state index is 0.0671. The number of nitrogens with zero attached hydrogens (tertiary/aromatic N) is 5. The van der Waals surface area contributed by atoms with E-state index >= 15 is 0 Å². The fraction of sp³-hybridized carbons (Fsp3) is 0.673. The number of fused-ring (bicyclic) bond motifs is 2. The van der Waals surface area contributed by atoms with Crippen LogP contribution in [0.15, 0.2) is 36.5 Å². The number of esters is 1. The number of anilines is 1. The molecule has 7 atom stereocenters. The number of carboxylic acids is 1. The molecule has 15 nitrogen and oxygen atoms in total. The van der Waals surface area contributed by atoms with Gasteiger partial charge in [-0.25, -0.2) is 9.67 Å². The third kappa shape index (κ3) is 11.4. The second-order valence-corrected chi connectivity index (χ2v) is 19.3. The van der Waals surface area contributed by atoms with Crippen molar-refractivity contribution in [3.05, 3.63) is 36.5 Å². The van der Waals surface area contributed by atoms with Crippen LogP contribution in [0.25, 0.3) is 16.7 Å². The number of nitrogens with one attached hydrogen (secondary N) is 1. The number of benzene rings is 1. The number of carbonyl (C=O) groups excluding carboxylic acids is 3. The van der Waals surface area contributed by atoms with Crippen molar-refractivity contribution < 1.29 is 43.2 Å². The van der Waals surface area contributed by atoms with E-state index in [1.54, 1.807) is 4.68 Å². The molecule has 5 aliphatic rings. The number of hydrogen-bond acceptors (Lipinski definition) is 12. The van der Waals surface area contributed by atoms with Gasteiger partial charge in [0.15, 0.2) is 11.6 Å². The maximum Gasteiger partial charge on any atom is 0.310 e. The Kier molecular flexibility index (Phi) is 14.7. The van der Waals surface area contributed by atoms with Crippen LogP contribution in [0.5, 0.6) is 11.5 Å². The first-order chi connectivity index (χ1) is 31.0. The first kappa shape index (κ1) is 45.8. The predicted octanol–water partition coefficient (Wildman–Crippen LogP) is 7.22. The molecule has 1 unspecified atom stereocenters. The van der Waals surface area contributed by atoms with Crippen LogP contribution >= 0.6 is 0 Å². The van der Waals surface area contributed by atoms with E-state index in [-0.39, 0.29) is 62.0 Å². The van der Waals surface area contributed by atoms with Crippen molar-refractivity contribution in [2.45, 2.75) is 141 Å². The highest BCUT2D eigenvalue weighted by Gasteiger charge is 2.61. The van der Waals surface area contributed by atoms with Gasteiger partial charge in [-0.15, -0.1) is 5.10 Å². The Morgan fingerprint density at radius 2 is 1.73 bits per heavy atom. The summed E-state index contributed by atoms with van der Waals surface area (Å²) in [5.41, 5.74) is -0.499. The summed E-state index contributed by atoms with van der Waals surface area (Å²) in [6.45, 7) is 10.8. The van der Waals surface area contributed by atoms with Gasteiger partial charge in [0.1, 0.15) is 36.1 Å². The average molecular weight is 885 g/mol. The van der Waals surface area contributed by atoms with Crippen molar-refractivity contribution in [3.63, 3.8) is 0 Å². The number of aliphatic carboxylic acids is 1. The number of ketones is 1. The fourth-order valence-electron chi connectivity index (χ4n) is 10.3. The lowest BCUT2D eigenvalue weighted by molar-refractivity contribution is -0.151. The summed E-state index contributed by atoms with van der Waals surface area (Å²) in [5, 5.41) is 19.3. The van der Waals surface area contributed by atoms with Crippen LogP contribution in [0.3, 0.4) is 0 Å². The summed E-state index contributed by atoms with van der Waals surface area (Å²) in [7, 11) is 0. The van der Waals surface area contributed by atoms with E-state index < -0.39 is 29.5 Å². The Hall–Kier alpha value is -4.76. The zero-order valence-electron chi connectivity index (χ0n) is 38.0. The molecule has 3 aliphatic carbocycles. The molecule has 1 aromatic carbocycles. The summed E-state index contributed by atoms with van der Waals surface area (Å²) < 4.78 is 25.9. The zero-order valence-corrected chi connectivity index (χ0v) is 38.0. The molecule has 64 heavy (non-hydrogen) atoms. The van der Waals surface area contributed by atoms with Crippen molar-refractivity contribution >= 4 is 40.3 Å². The standard InChI is InChI=1S/C49H68N6O9/c1-4-5-6-7-8-9-10-35-29-49(35,48(59)60)30-42(56)41-27-38(31-54(41)46(57)13-14-47(58)64-37-24-33-23-34(33)25-37)63-43-28-45(55-16-15-44(52-55)50-32(2)3)51-40-26-36(11-12-39(40)43)62-22-19-53-17-20-61-21-18-53/h11-12,15-16,26,28,32-35,37-38,41H,4-10,13-14,17-25,27,29-31H2,1-3H3,(H,50,52)(H,59,60)/t33-,34+,35-,37?,38-,41+,49-/m1/s1. The fourth-order valence-corrected chi connectivity index (χ4v) is 10.3. The lowest BCUT2D eigenvalue weighted by Crippen LogP contribution is -2.42. The maximum absolute atomic E-state index is 14.4. The minimum atomic E-state index is -1.12. The summed E-state index contributed by atoms with van der Waals surface area (Å²) in [6, 6.07) is 8.66. The van der Waals surface area contributed by atoms with Crippen molar-refractivity contribution in [1.29, 1.82) is 0 Å². The van der Waals surface area contributed by atoms with Crippen LogP contribution in [0, 0.1) is 23.2 Å². The van der Waals surface area contributed by atoms with Gasteiger partial charge in [-0.05, 0) is 75.8 Å². The molecular formula is C49H68N6O9. The normalized spacial score (nSPS) is 26.2. The minimum Gasteiger partial charge on any atom is -0.492 e. The zero-order chi connectivity index (χ0) is 44.8. The van der Waals surface area contributed by atoms with Crippen molar-refractivity contribution in [2.75, 3.05) is 51.3 Å². The molecule has 2 N–H and O–H groups in total. The third-order valence-electron chi connectivity index (χ3n) is 14.1. The number of carboxylic acid groups (broad SMARTS) is 1. The first-order valence-corrected chi connectivity index (χ1v) is 24.1. The van der Waals surface area contributed by atoms with E-state index in [1.165, 1.54) is 30.6 Å². The number of carbonyl (C=O) groups is 4. The first-order valence-electron chi connectivity index (χ1n) is 24.1. The molecule has 3 aromatic rings. The summed E-state index contributed by atoms with van der Waals surface area (Å²) >= 11 is 0. The van der Waals surface area contributed by atoms with Gasteiger partial charge >= 0.3 is 11.9 Å². The number of unbranched alkanes of at least 4 members (excludes halogenated alkanes) is 5. The Labute approximate surface area is 376 Å². The van der Waals surface area contributed by atoms with E-state index in [4.69, 9.17) is 29.0 Å². The van der Waals surface area contributed by atoms with Gasteiger partial charge in [0.25, 0.3) is 0 Å². The second kappa shape index (κ2) is 20.6. The number of Topliss-reactive ketones (excluding diaryl/α,β-unsaturated/α-hetero) is 1. The van der Waals surface area contributed by atoms with Crippen LogP contribution in [0.1, 0.15) is 117 Å². The highest BCUT2D eigenvalue weighted by Crippen LogP contribution is 2.58. The summed E-state index contributed by atoms with van der Waals surface area (Å²) in [6.07, 6.45) is 11.9. The van der Waals surface area contributed by atoms with Crippen LogP contribution in [-0.4, -0.2) is 124 Å². The molecule has 4 heterocycles. The van der Waals surface area contributed by atoms with Crippen LogP contribution in [0.2, 0.25) is 0 Å². The maximum atomic E-state index is 14.4. The van der Waals surface area contributed by atoms with E-state index in [9.17, 15) is 24.3 Å². The van der Waals surface area contributed by atoms with Crippen molar-refractivity contribution in [2.24, 2.45) is 23.2 Å². The van der Waals surface area contributed by atoms with Gasteiger partial charge in [0.2, 0.25) is 5.91 Å². The van der Waals surface area contributed by atoms with Gasteiger partial charge in [-0.2, -0.15) is 0 Å². The van der Waals surface area contributed by atoms with Gasteiger partial charge in [-0.1, -0.05) is 45.4 Å². The Balaban J connectivity index is 1.00. The average Bonchev–Trinajstić information content (AvgIpc) is 3.92. The lowest BCUT2D eigenvalue weighted by atomic mass is 9.90. The number of likely N-dealkylation sites (tertiary alicyclic amines) is 1. The van der Waals surface area contributed by atoms with Crippen LogP contribution < -0.4 is 14.8 Å². The molecule has 15 heteroatoms. The molecule has 1 amide bonds. The molecule has 0 spiro atoms. The quantitative estimate of drug-likeness (QED) is 0.0682. The number of rotatable bonds is 24. The van der Waals surface area contributed by atoms with Gasteiger partial charge in [0, 0.05) is 74.7 Å². The molecule has 2 aliphatic heterocycles. The van der Waals surface area contributed by atoms with Crippen molar-refractivity contribution in [1.82, 2.24) is 24.6 Å². The van der Waals surface area contributed by atoms with Crippen LogP contribution in [-0.2, 0) is 28.7 Å². The highest BCUT2D eigenvalue weighted by atomic mass is 16.5. The second-order valence-electron chi connectivity index (χ2n) is 19.3. The molecule has 0 bridgehead atoms. The molecule has 2 saturated heterocycles. The highest BCUT2D eigenvalue weighted by molar-refractivity contribution is 5.95. The Morgan fingerprint density at radius 1 is 0.953 bits per heavy atom. The lowest BCUT2D eigenvalue weighted by Gasteiger charge is -2.26. The molecule has 348 valence electrons. The number of aromatic nitrogens is 3. The van der Waals surface area contributed by atoms with E-state index in [0.29, 0.717) is 66.7 Å². The van der Waals surface area contributed by atoms with Crippen molar-refractivity contribution in [3.8, 4) is 17.3 Å².